The maximum absolute atomic E-state index is 8.12. The van der Waals surface area contributed by atoms with Crippen LogP contribution < -0.4 is 5.32 Å². The minimum atomic E-state index is 0.250. The van der Waals surface area contributed by atoms with E-state index in [1.807, 2.05) is 7.05 Å². The molecule has 0 saturated carbocycles. The topological polar surface area (TPSA) is 46.2 Å². The summed E-state index contributed by atoms with van der Waals surface area (Å²) in [6, 6.07) is 0. The van der Waals surface area contributed by atoms with Crippen LogP contribution in [0.15, 0.2) is 0 Å². The molecule has 0 bridgehead atoms. The Morgan fingerprint density at radius 2 is 1.88 bits per heavy atom. The summed E-state index contributed by atoms with van der Waals surface area (Å²) in [7, 11) is 1.96. The van der Waals surface area contributed by atoms with Gasteiger partial charge in [0, 0.05) is 0 Å². The van der Waals surface area contributed by atoms with Gasteiger partial charge in [0.05, 0.1) is 0 Å². The van der Waals surface area contributed by atoms with Crippen LogP contribution in [0.1, 0.15) is 13.3 Å². The number of rotatable bonds is 2. The van der Waals surface area contributed by atoms with Gasteiger partial charge < -0.3 is 5.32 Å². The third-order valence-corrected chi connectivity index (χ3v) is 0.500. The predicted molar refractivity (Wildman–Crippen MR) is 29.2 cm³/mol. The molecule has 1 N–H and O–H groups in total. The molecule has 0 aliphatic heterocycles. The van der Waals surface area contributed by atoms with E-state index < -0.39 is 0 Å². The average molecular weight is 117 g/mol. The van der Waals surface area contributed by atoms with Crippen LogP contribution in [0.4, 0.5) is 0 Å². The molecule has 0 fully saturated rings. The van der Waals surface area contributed by atoms with E-state index in [0.29, 0.717) is 0 Å². The molecule has 8 heavy (non-hydrogen) atoms. The van der Waals surface area contributed by atoms with Crippen LogP contribution >= 0.6 is 0 Å². The zero-order valence-electron chi connectivity index (χ0n) is 5.23. The lowest BCUT2D eigenvalue weighted by Crippen LogP contribution is -2.04. The van der Waals surface area contributed by atoms with Crippen molar-refractivity contribution in [3.8, 4) is 0 Å². The van der Waals surface area contributed by atoms with E-state index in [2.05, 4.69) is 12.2 Å². The van der Waals surface area contributed by atoms with E-state index in [1.54, 1.807) is 0 Å². The quantitative estimate of drug-likeness (QED) is 0.555. The minimum Gasteiger partial charge on any atom is -0.320 e. The van der Waals surface area contributed by atoms with Crippen LogP contribution in [0.5, 0.6) is 0 Å². The fourth-order valence-corrected chi connectivity index (χ4v) is 0.250. The molecule has 0 unspecified atom stereocenters. The molecule has 0 spiro atoms. The first-order chi connectivity index (χ1) is 3.83. The zero-order valence-corrected chi connectivity index (χ0v) is 5.23. The van der Waals surface area contributed by atoms with Crippen molar-refractivity contribution in [2.75, 3.05) is 13.6 Å². The summed E-state index contributed by atoms with van der Waals surface area (Å²) >= 11 is 0. The Morgan fingerprint density at radius 3 is 1.88 bits per heavy atom. The summed E-state index contributed by atoms with van der Waals surface area (Å²) in [4.78, 5) is 16.2. The van der Waals surface area contributed by atoms with Crippen molar-refractivity contribution < 1.29 is 9.59 Å². The zero-order chi connectivity index (χ0) is 6.83. The molecule has 0 radical (unpaired) electrons. The molecule has 0 amide bonds. The summed E-state index contributed by atoms with van der Waals surface area (Å²) in [5, 5.41) is 3.02. The van der Waals surface area contributed by atoms with Crippen LogP contribution in [0.2, 0.25) is 0 Å². The molecule has 0 atom stereocenters. The van der Waals surface area contributed by atoms with E-state index in [4.69, 9.17) is 9.59 Å². The third kappa shape index (κ3) is 56.0. The molecule has 0 aromatic rings. The molecule has 0 aliphatic carbocycles. The van der Waals surface area contributed by atoms with Gasteiger partial charge in [-0.05, 0) is 20.0 Å². The van der Waals surface area contributed by atoms with Crippen LogP contribution in [-0.2, 0) is 9.59 Å². The van der Waals surface area contributed by atoms with Crippen LogP contribution in [0, 0.1) is 0 Å². The van der Waals surface area contributed by atoms with Crippen molar-refractivity contribution in [1.82, 2.24) is 5.32 Å². The van der Waals surface area contributed by atoms with E-state index in [9.17, 15) is 0 Å². The van der Waals surface area contributed by atoms with Crippen LogP contribution in [0.25, 0.3) is 0 Å². The van der Waals surface area contributed by atoms with E-state index in [-0.39, 0.29) is 6.15 Å². The van der Waals surface area contributed by atoms with E-state index >= 15 is 0 Å². The summed E-state index contributed by atoms with van der Waals surface area (Å²) in [5.41, 5.74) is 0. The van der Waals surface area contributed by atoms with Gasteiger partial charge in [0.25, 0.3) is 0 Å². The summed E-state index contributed by atoms with van der Waals surface area (Å²) < 4.78 is 0. The molecule has 3 heteroatoms. The first-order valence-corrected chi connectivity index (χ1v) is 2.47. The lowest BCUT2D eigenvalue weighted by molar-refractivity contribution is -0.191. The predicted octanol–water partition coefficient (Wildman–Crippen LogP) is 0.0323. The largest absolute Gasteiger partial charge is 0.373 e. The minimum absolute atomic E-state index is 0.250. The number of hydrogen-bond acceptors (Lipinski definition) is 3. The lowest BCUT2D eigenvalue weighted by atomic mass is 10.5. The van der Waals surface area contributed by atoms with Gasteiger partial charge in [0.15, 0.2) is 0 Å². The Kier molecular flexibility index (Phi) is 21.0. The highest BCUT2D eigenvalue weighted by Crippen LogP contribution is 1.62. The summed E-state index contributed by atoms with van der Waals surface area (Å²) in [5.74, 6) is 0. The third-order valence-electron chi connectivity index (χ3n) is 0.500. The second-order valence-corrected chi connectivity index (χ2v) is 1.19. The molecular weight excluding hydrogens is 106 g/mol. The van der Waals surface area contributed by atoms with Crippen LogP contribution in [-0.4, -0.2) is 19.7 Å². The number of carbonyl (C=O) groups excluding carboxylic acids is 2. The van der Waals surface area contributed by atoms with Crippen molar-refractivity contribution in [1.29, 1.82) is 0 Å². The van der Waals surface area contributed by atoms with Gasteiger partial charge in [-0.15, -0.1) is 0 Å². The van der Waals surface area contributed by atoms with Crippen molar-refractivity contribution >= 4 is 6.15 Å². The average Bonchev–Trinajstić information content (AvgIpc) is 1.71. The first-order valence-electron chi connectivity index (χ1n) is 2.47. The Bertz CT molecular complexity index is 55.4. The SMILES string of the molecule is CCCNC.O=C=O. The summed E-state index contributed by atoms with van der Waals surface area (Å²) in [6.07, 6.45) is 1.48. The van der Waals surface area contributed by atoms with Gasteiger partial charge in [0.1, 0.15) is 0 Å². The lowest BCUT2D eigenvalue weighted by Gasteiger charge is -1.84. The second-order valence-electron chi connectivity index (χ2n) is 1.19. The normalized spacial score (nSPS) is 6.25. The first kappa shape index (κ1) is 10.3. The fourth-order valence-electron chi connectivity index (χ4n) is 0.250. The highest BCUT2D eigenvalue weighted by atomic mass is 16.2. The number of nitrogens with one attached hydrogen (secondary N) is 1. The Labute approximate surface area is 49.1 Å². The smallest absolute Gasteiger partial charge is 0.320 e. The van der Waals surface area contributed by atoms with Crippen molar-refractivity contribution in [2.45, 2.75) is 13.3 Å². The van der Waals surface area contributed by atoms with Gasteiger partial charge >= 0.3 is 6.15 Å². The summed E-state index contributed by atoms with van der Waals surface area (Å²) in [6.45, 7) is 3.29. The Balaban J connectivity index is 0. The highest BCUT2D eigenvalue weighted by Gasteiger charge is 1.64. The standard InChI is InChI=1S/C4H11N.CO2/c1-3-4-5-2;2-1-3/h5H,3-4H2,1-2H3;. The van der Waals surface area contributed by atoms with Crippen molar-refractivity contribution in [3.05, 3.63) is 0 Å². The van der Waals surface area contributed by atoms with Crippen LogP contribution in [0.3, 0.4) is 0 Å². The van der Waals surface area contributed by atoms with E-state index in [1.165, 1.54) is 6.42 Å². The molecule has 3 nitrogen and oxygen atoms in total. The molecular formula is C5H11NO2. The fraction of sp³-hybridized carbons (Fsp3) is 0.800. The molecule has 0 saturated heterocycles. The Hall–Kier alpha value is -0.660. The van der Waals surface area contributed by atoms with Crippen molar-refractivity contribution in [2.24, 2.45) is 0 Å². The molecule has 48 valence electrons. The van der Waals surface area contributed by atoms with E-state index in [0.717, 1.165) is 6.54 Å². The van der Waals surface area contributed by atoms with Gasteiger partial charge in [-0.2, -0.15) is 9.59 Å². The molecule has 0 aromatic heterocycles. The molecule has 0 rings (SSSR count). The maximum atomic E-state index is 8.12. The second kappa shape index (κ2) is 16.2. The Morgan fingerprint density at radius 1 is 1.50 bits per heavy atom. The monoisotopic (exact) mass is 117 g/mol. The maximum Gasteiger partial charge on any atom is 0.373 e. The number of hydrogen-bond donors (Lipinski definition) is 1. The highest BCUT2D eigenvalue weighted by molar-refractivity contribution is 5.20. The molecule has 0 heterocycles. The van der Waals surface area contributed by atoms with Gasteiger partial charge in [0.2, 0.25) is 0 Å². The van der Waals surface area contributed by atoms with Gasteiger partial charge in [-0.3, -0.25) is 0 Å². The molecule has 0 aromatic carbocycles. The van der Waals surface area contributed by atoms with Gasteiger partial charge in [-0.1, -0.05) is 6.92 Å². The van der Waals surface area contributed by atoms with Crippen molar-refractivity contribution in [3.63, 3.8) is 0 Å². The molecule has 0 aliphatic rings. The van der Waals surface area contributed by atoms with Gasteiger partial charge in [-0.25, -0.2) is 0 Å².